The van der Waals surface area contributed by atoms with E-state index in [2.05, 4.69) is 12.0 Å². The Morgan fingerprint density at radius 1 is 1.58 bits per heavy atom. The molecule has 1 fully saturated rings. The molecule has 0 amide bonds. The van der Waals surface area contributed by atoms with Crippen LogP contribution in [0.1, 0.15) is 25.7 Å². The monoisotopic (exact) mass is 162 g/mol. The normalized spacial score (nSPS) is 31.4. The molecule has 0 saturated heterocycles. The van der Waals surface area contributed by atoms with Gasteiger partial charge in [-0.15, -0.1) is 12.3 Å². The highest BCUT2D eigenvalue weighted by Crippen LogP contribution is 2.46. The Hall–Kier alpha value is -0.900. The maximum absolute atomic E-state index is 5.55. The lowest BCUT2D eigenvalue weighted by molar-refractivity contribution is 0.147. The van der Waals surface area contributed by atoms with E-state index < -0.39 is 0 Å². The fraction of sp³-hybridized carbons (Fsp3) is 0.636. The van der Waals surface area contributed by atoms with Crippen molar-refractivity contribution in [2.24, 2.45) is 11.8 Å². The van der Waals surface area contributed by atoms with Gasteiger partial charge >= 0.3 is 0 Å². The maximum Gasteiger partial charge on any atom is 0.0986 e. The van der Waals surface area contributed by atoms with E-state index >= 15 is 0 Å². The first kappa shape index (κ1) is 7.73. The Morgan fingerprint density at radius 2 is 2.50 bits per heavy atom. The van der Waals surface area contributed by atoms with Crippen molar-refractivity contribution in [2.45, 2.75) is 25.7 Å². The van der Waals surface area contributed by atoms with E-state index in [4.69, 9.17) is 11.2 Å². The third-order valence-electron chi connectivity index (χ3n) is 2.83. The average Bonchev–Trinajstić information content (AvgIpc) is 2.41. The van der Waals surface area contributed by atoms with E-state index in [1.807, 2.05) is 0 Å². The largest absolute Gasteiger partial charge is 0.497 e. The van der Waals surface area contributed by atoms with Crippen molar-refractivity contribution < 1.29 is 4.74 Å². The van der Waals surface area contributed by atoms with Gasteiger partial charge in [0.15, 0.2) is 0 Å². The minimum Gasteiger partial charge on any atom is -0.497 e. The molecule has 2 aliphatic carbocycles. The Bertz CT molecular complexity index is 234. The van der Waals surface area contributed by atoms with Crippen LogP contribution in [-0.2, 0) is 4.74 Å². The van der Waals surface area contributed by atoms with Crippen molar-refractivity contribution >= 4 is 0 Å². The van der Waals surface area contributed by atoms with Gasteiger partial charge < -0.3 is 4.74 Å². The highest BCUT2D eigenvalue weighted by molar-refractivity contribution is 5.19. The Kier molecular flexibility index (Phi) is 2.08. The summed E-state index contributed by atoms with van der Waals surface area (Å²) in [6, 6.07) is 0. The van der Waals surface area contributed by atoms with Crippen LogP contribution in [0, 0.1) is 24.2 Å². The van der Waals surface area contributed by atoms with Gasteiger partial charge in [0.1, 0.15) is 0 Å². The lowest BCUT2D eigenvalue weighted by Crippen LogP contribution is -2.21. The zero-order chi connectivity index (χ0) is 8.39. The number of hydrogen-bond donors (Lipinski definition) is 0. The van der Waals surface area contributed by atoms with Crippen LogP contribution in [0.25, 0.3) is 0 Å². The minimum atomic E-state index is 0.700. The van der Waals surface area contributed by atoms with Crippen LogP contribution >= 0.6 is 0 Å². The molecule has 1 heteroatoms. The lowest BCUT2D eigenvalue weighted by Gasteiger charge is -2.29. The van der Waals surface area contributed by atoms with Crippen molar-refractivity contribution in [2.75, 3.05) is 6.61 Å². The fourth-order valence-electron chi connectivity index (χ4n) is 2.14. The standard InChI is InChI=1S/C11H14O/c1-2-3-7-12-11-8-9-5-4-6-10(9)11/h1,8-10H,3-7H2. The van der Waals surface area contributed by atoms with E-state index in [-0.39, 0.29) is 0 Å². The molecule has 12 heavy (non-hydrogen) atoms. The van der Waals surface area contributed by atoms with Crippen LogP contribution < -0.4 is 0 Å². The minimum absolute atomic E-state index is 0.700. The number of hydrogen-bond acceptors (Lipinski definition) is 1. The predicted octanol–water partition coefficient (Wildman–Crippen LogP) is 2.34. The van der Waals surface area contributed by atoms with Crippen molar-refractivity contribution in [3.63, 3.8) is 0 Å². The van der Waals surface area contributed by atoms with Gasteiger partial charge in [0.25, 0.3) is 0 Å². The summed E-state index contributed by atoms with van der Waals surface area (Å²) >= 11 is 0. The SMILES string of the molecule is C#CCCOC1=CC2CCCC12. The topological polar surface area (TPSA) is 9.23 Å². The molecule has 0 bridgehead atoms. The van der Waals surface area contributed by atoms with E-state index in [0.717, 1.165) is 18.3 Å². The molecule has 0 N–H and O–H groups in total. The second-order valence-corrected chi connectivity index (χ2v) is 3.57. The lowest BCUT2D eigenvalue weighted by atomic mass is 9.83. The molecule has 0 heterocycles. The molecule has 2 aliphatic rings. The van der Waals surface area contributed by atoms with Gasteiger partial charge in [0.05, 0.1) is 12.4 Å². The molecule has 2 rings (SSSR count). The van der Waals surface area contributed by atoms with E-state index in [1.165, 1.54) is 25.0 Å². The van der Waals surface area contributed by atoms with E-state index in [1.54, 1.807) is 0 Å². The summed E-state index contributed by atoms with van der Waals surface area (Å²) in [5, 5.41) is 0. The fourth-order valence-corrected chi connectivity index (χ4v) is 2.14. The third kappa shape index (κ3) is 1.22. The van der Waals surface area contributed by atoms with Crippen LogP contribution in [0.15, 0.2) is 11.8 Å². The molecule has 0 spiro atoms. The highest BCUT2D eigenvalue weighted by atomic mass is 16.5. The summed E-state index contributed by atoms with van der Waals surface area (Å²) in [4.78, 5) is 0. The van der Waals surface area contributed by atoms with Crippen LogP contribution in [0.2, 0.25) is 0 Å². The van der Waals surface area contributed by atoms with Gasteiger partial charge in [-0.05, 0) is 24.8 Å². The first-order valence-electron chi connectivity index (χ1n) is 4.70. The summed E-state index contributed by atoms with van der Waals surface area (Å²) in [7, 11) is 0. The molecule has 64 valence electrons. The molecule has 1 saturated carbocycles. The molecule has 0 aromatic carbocycles. The second kappa shape index (κ2) is 3.23. The van der Waals surface area contributed by atoms with Crippen molar-refractivity contribution in [1.29, 1.82) is 0 Å². The molecule has 0 aromatic heterocycles. The van der Waals surface area contributed by atoms with Crippen LogP contribution in [-0.4, -0.2) is 6.61 Å². The molecular weight excluding hydrogens is 148 g/mol. The quantitative estimate of drug-likeness (QED) is 0.457. The Labute approximate surface area is 73.8 Å². The predicted molar refractivity (Wildman–Crippen MR) is 48.3 cm³/mol. The van der Waals surface area contributed by atoms with Crippen molar-refractivity contribution in [3.05, 3.63) is 11.8 Å². The number of allylic oxidation sites excluding steroid dienone is 2. The van der Waals surface area contributed by atoms with Gasteiger partial charge in [-0.3, -0.25) is 0 Å². The summed E-state index contributed by atoms with van der Waals surface area (Å²) in [5.41, 5.74) is 0. The van der Waals surface area contributed by atoms with Crippen LogP contribution in [0.4, 0.5) is 0 Å². The average molecular weight is 162 g/mol. The van der Waals surface area contributed by atoms with Gasteiger partial charge in [-0.2, -0.15) is 0 Å². The second-order valence-electron chi connectivity index (χ2n) is 3.57. The summed E-state index contributed by atoms with van der Waals surface area (Å²) in [6.45, 7) is 0.700. The molecule has 2 unspecified atom stereocenters. The molecule has 2 atom stereocenters. The van der Waals surface area contributed by atoms with Gasteiger partial charge in [-0.1, -0.05) is 6.42 Å². The van der Waals surface area contributed by atoms with Crippen molar-refractivity contribution in [3.8, 4) is 12.3 Å². The summed E-state index contributed by atoms with van der Waals surface area (Å²) < 4.78 is 5.55. The third-order valence-corrected chi connectivity index (χ3v) is 2.83. The summed E-state index contributed by atoms with van der Waals surface area (Å²) in [5.74, 6) is 5.39. The Balaban J connectivity index is 1.77. The first-order valence-corrected chi connectivity index (χ1v) is 4.70. The zero-order valence-corrected chi connectivity index (χ0v) is 7.25. The molecular formula is C11H14O. The van der Waals surface area contributed by atoms with E-state index in [9.17, 15) is 0 Å². The maximum atomic E-state index is 5.55. The van der Waals surface area contributed by atoms with Gasteiger partial charge in [0, 0.05) is 12.3 Å². The smallest absolute Gasteiger partial charge is 0.0986 e. The number of rotatable bonds is 3. The number of ether oxygens (including phenoxy) is 1. The number of terminal acetylenes is 1. The van der Waals surface area contributed by atoms with E-state index in [0.29, 0.717) is 6.61 Å². The Morgan fingerprint density at radius 3 is 3.25 bits per heavy atom. The van der Waals surface area contributed by atoms with Crippen LogP contribution in [0.5, 0.6) is 0 Å². The highest BCUT2D eigenvalue weighted by Gasteiger charge is 2.37. The molecule has 0 radical (unpaired) electrons. The molecule has 1 nitrogen and oxygen atoms in total. The molecule has 0 aromatic rings. The first-order chi connectivity index (χ1) is 5.92. The summed E-state index contributed by atoms with van der Waals surface area (Å²) in [6.07, 6.45) is 12.2. The van der Waals surface area contributed by atoms with Gasteiger partial charge in [0.2, 0.25) is 0 Å². The zero-order valence-electron chi connectivity index (χ0n) is 7.25. The molecule has 0 aliphatic heterocycles. The van der Waals surface area contributed by atoms with Crippen LogP contribution in [0.3, 0.4) is 0 Å². The van der Waals surface area contributed by atoms with Gasteiger partial charge in [-0.25, -0.2) is 0 Å². The number of fused-ring (bicyclic) bond motifs is 1. The van der Waals surface area contributed by atoms with Crippen molar-refractivity contribution in [1.82, 2.24) is 0 Å².